The number of benzene rings is 1. The Balaban J connectivity index is 2.27. The Hall–Kier alpha value is -2.74. The van der Waals surface area contributed by atoms with Crippen molar-refractivity contribution >= 4 is 5.91 Å². The van der Waals surface area contributed by atoms with Gasteiger partial charge in [0.15, 0.2) is 5.69 Å². The first kappa shape index (κ1) is 17.6. The fraction of sp³-hybridized carbons (Fsp3) is 0.312. The van der Waals surface area contributed by atoms with Crippen LogP contribution >= 0.6 is 0 Å². The van der Waals surface area contributed by atoms with E-state index in [0.717, 1.165) is 11.9 Å². The van der Waals surface area contributed by atoms with Crippen LogP contribution in [0.1, 0.15) is 16.1 Å². The Labute approximate surface area is 138 Å². The number of likely N-dealkylation sites (N-methyl/N-ethyl adjacent to an activating group) is 1. The molecule has 0 saturated carbocycles. The Kier molecular flexibility index (Phi) is 5.64. The van der Waals surface area contributed by atoms with E-state index in [0.29, 0.717) is 13.1 Å². The van der Waals surface area contributed by atoms with Crippen LogP contribution in [-0.4, -0.2) is 58.0 Å². The normalized spacial score (nSPS) is 10.8. The molecule has 0 spiro atoms. The summed E-state index contributed by atoms with van der Waals surface area (Å²) < 4.78 is 13.0. The number of aromatic nitrogens is 2. The third-order valence-corrected chi connectivity index (χ3v) is 3.42. The molecule has 0 unspecified atom stereocenters. The van der Waals surface area contributed by atoms with Gasteiger partial charge in [0.05, 0.1) is 6.33 Å². The van der Waals surface area contributed by atoms with E-state index in [4.69, 9.17) is 0 Å². The lowest BCUT2D eigenvalue weighted by Gasteiger charge is -2.24. The van der Waals surface area contributed by atoms with Gasteiger partial charge in [-0.15, -0.1) is 0 Å². The van der Waals surface area contributed by atoms with Crippen LogP contribution in [0.4, 0.5) is 4.39 Å². The lowest BCUT2D eigenvalue weighted by molar-refractivity contribution is 0.0722. The number of hydrogen-bond acceptors (Lipinski definition) is 5. The van der Waals surface area contributed by atoms with Crippen LogP contribution in [0.2, 0.25) is 0 Å². The third-order valence-electron chi connectivity index (χ3n) is 3.42. The number of halogens is 1. The number of rotatable bonds is 6. The first-order chi connectivity index (χ1) is 11.4. The molecule has 2 aromatic rings. The van der Waals surface area contributed by atoms with Crippen molar-refractivity contribution < 1.29 is 14.3 Å². The standard InChI is InChI=1S/C16H19FN4O3/c1-20(2)7-8-21(9-11-3-5-12(17)6-4-11)16(24)13-14(22)15(23)19-10-18-13/h3-6,10,22H,7-9H2,1-2H3,(H,18,19,23). The van der Waals surface area contributed by atoms with Gasteiger partial charge in [0.2, 0.25) is 5.75 Å². The second kappa shape index (κ2) is 7.69. The van der Waals surface area contributed by atoms with E-state index in [2.05, 4.69) is 9.97 Å². The fourth-order valence-electron chi connectivity index (χ4n) is 2.08. The molecule has 0 radical (unpaired) electrons. The lowest BCUT2D eigenvalue weighted by atomic mass is 10.2. The molecule has 2 rings (SSSR count). The molecular weight excluding hydrogens is 315 g/mol. The van der Waals surface area contributed by atoms with E-state index >= 15 is 0 Å². The van der Waals surface area contributed by atoms with Gasteiger partial charge in [-0.1, -0.05) is 12.1 Å². The van der Waals surface area contributed by atoms with Gasteiger partial charge in [-0.2, -0.15) is 0 Å². The molecule has 1 aromatic carbocycles. The van der Waals surface area contributed by atoms with Crippen molar-refractivity contribution in [1.29, 1.82) is 0 Å². The van der Waals surface area contributed by atoms with Crippen molar-refractivity contribution in [2.24, 2.45) is 0 Å². The Morgan fingerprint density at radius 3 is 2.54 bits per heavy atom. The number of carbonyl (C=O) groups excluding carboxylic acids is 1. The van der Waals surface area contributed by atoms with E-state index in [-0.39, 0.29) is 18.1 Å². The molecule has 7 nitrogen and oxygen atoms in total. The quantitative estimate of drug-likeness (QED) is 0.816. The van der Waals surface area contributed by atoms with E-state index < -0.39 is 17.2 Å². The van der Waals surface area contributed by atoms with Crippen molar-refractivity contribution in [3.63, 3.8) is 0 Å². The van der Waals surface area contributed by atoms with Gasteiger partial charge in [-0.05, 0) is 31.8 Å². The maximum Gasteiger partial charge on any atom is 0.293 e. The number of hydrogen-bond donors (Lipinski definition) is 2. The number of aromatic amines is 1. The molecule has 24 heavy (non-hydrogen) atoms. The van der Waals surface area contributed by atoms with Crippen molar-refractivity contribution in [2.45, 2.75) is 6.54 Å². The van der Waals surface area contributed by atoms with Crippen LogP contribution in [0, 0.1) is 5.82 Å². The summed E-state index contributed by atoms with van der Waals surface area (Å²) in [6.07, 6.45) is 1.07. The molecule has 0 saturated heterocycles. The molecule has 0 aliphatic carbocycles. The smallest absolute Gasteiger partial charge is 0.293 e. The van der Waals surface area contributed by atoms with Crippen molar-refractivity contribution in [2.75, 3.05) is 27.2 Å². The molecule has 0 aliphatic rings. The maximum absolute atomic E-state index is 13.0. The van der Waals surface area contributed by atoms with E-state index in [9.17, 15) is 19.1 Å². The molecule has 8 heteroatoms. The van der Waals surface area contributed by atoms with Gasteiger partial charge in [-0.25, -0.2) is 9.37 Å². The summed E-state index contributed by atoms with van der Waals surface area (Å²) in [5, 5.41) is 9.78. The van der Waals surface area contributed by atoms with Crippen LogP contribution in [0.25, 0.3) is 0 Å². The van der Waals surface area contributed by atoms with Gasteiger partial charge in [0, 0.05) is 19.6 Å². The van der Waals surface area contributed by atoms with Crippen LogP contribution in [0.5, 0.6) is 5.75 Å². The summed E-state index contributed by atoms with van der Waals surface area (Å²) in [5.74, 6) is -1.64. The molecule has 0 atom stereocenters. The first-order valence-electron chi connectivity index (χ1n) is 7.33. The first-order valence-corrected chi connectivity index (χ1v) is 7.33. The van der Waals surface area contributed by atoms with E-state index in [1.165, 1.54) is 17.0 Å². The lowest BCUT2D eigenvalue weighted by Crippen LogP contribution is -2.37. The van der Waals surface area contributed by atoms with Crippen LogP contribution in [0.3, 0.4) is 0 Å². The molecule has 0 aliphatic heterocycles. The fourth-order valence-corrected chi connectivity index (χ4v) is 2.08. The summed E-state index contributed by atoms with van der Waals surface area (Å²) in [6.45, 7) is 1.15. The van der Waals surface area contributed by atoms with Gasteiger partial charge >= 0.3 is 0 Å². The van der Waals surface area contributed by atoms with E-state index in [1.54, 1.807) is 12.1 Å². The highest BCUT2D eigenvalue weighted by Crippen LogP contribution is 2.13. The minimum absolute atomic E-state index is 0.209. The predicted molar refractivity (Wildman–Crippen MR) is 86.2 cm³/mol. The highest BCUT2D eigenvalue weighted by Gasteiger charge is 2.22. The minimum Gasteiger partial charge on any atom is -0.501 e. The second-order valence-electron chi connectivity index (χ2n) is 5.59. The predicted octanol–water partition coefficient (Wildman–Crippen LogP) is 0.819. The second-order valence-corrected chi connectivity index (χ2v) is 5.59. The largest absolute Gasteiger partial charge is 0.501 e. The van der Waals surface area contributed by atoms with E-state index in [1.807, 2.05) is 19.0 Å². The summed E-state index contributed by atoms with van der Waals surface area (Å²) in [6, 6.07) is 5.78. The van der Waals surface area contributed by atoms with Gasteiger partial charge in [0.25, 0.3) is 11.5 Å². The zero-order valence-corrected chi connectivity index (χ0v) is 13.5. The van der Waals surface area contributed by atoms with Crippen molar-refractivity contribution in [3.8, 4) is 5.75 Å². The molecular formula is C16H19FN4O3. The number of nitrogens with one attached hydrogen (secondary N) is 1. The molecule has 2 N–H and O–H groups in total. The monoisotopic (exact) mass is 334 g/mol. The number of carbonyl (C=O) groups is 1. The number of aromatic hydroxyl groups is 1. The van der Waals surface area contributed by atoms with Crippen molar-refractivity contribution in [3.05, 3.63) is 58.0 Å². The Bertz CT molecular complexity index is 759. The highest BCUT2D eigenvalue weighted by molar-refractivity contribution is 5.94. The Morgan fingerprint density at radius 1 is 1.25 bits per heavy atom. The molecule has 1 aromatic heterocycles. The molecule has 1 heterocycles. The zero-order valence-electron chi connectivity index (χ0n) is 13.5. The van der Waals surface area contributed by atoms with Gasteiger partial charge < -0.3 is 19.9 Å². The molecule has 128 valence electrons. The zero-order chi connectivity index (χ0) is 17.7. The maximum atomic E-state index is 13.0. The average Bonchev–Trinajstić information content (AvgIpc) is 2.55. The molecule has 1 amide bonds. The summed E-state index contributed by atoms with van der Waals surface area (Å²) in [4.78, 5) is 33.4. The average molecular weight is 334 g/mol. The third kappa shape index (κ3) is 4.39. The van der Waals surface area contributed by atoms with Gasteiger partial charge in [-0.3, -0.25) is 9.59 Å². The topological polar surface area (TPSA) is 89.5 Å². The summed E-state index contributed by atoms with van der Waals surface area (Å²) >= 11 is 0. The summed E-state index contributed by atoms with van der Waals surface area (Å²) in [5.41, 5.74) is -0.352. The molecule has 0 fully saturated rings. The van der Waals surface area contributed by atoms with Crippen molar-refractivity contribution in [1.82, 2.24) is 19.8 Å². The van der Waals surface area contributed by atoms with Crippen LogP contribution in [0.15, 0.2) is 35.4 Å². The Morgan fingerprint density at radius 2 is 1.92 bits per heavy atom. The number of H-pyrrole nitrogens is 1. The molecule has 0 bridgehead atoms. The highest BCUT2D eigenvalue weighted by atomic mass is 19.1. The number of nitrogens with zero attached hydrogens (tertiary/aromatic N) is 3. The van der Waals surface area contributed by atoms with Crippen LogP contribution in [-0.2, 0) is 6.54 Å². The minimum atomic E-state index is -0.775. The van der Waals surface area contributed by atoms with Gasteiger partial charge in [0.1, 0.15) is 5.82 Å². The number of amides is 1. The SMILES string of the molecule is CN(C)CCN(Cc1ccc(F)cc1)C(=O)c1nc[nH]c(=O)c1O. The van der Waals surface area contributed by atoms with Crippen LogP contribution < -0.4 is 5.56 Å². The summed E-state index contributed by atoms with van der Waals surface area (Å²) in [7, 11) is 3.73.